The van der Waals surface area contributed by atoms with Crippen LogP contribution >= 0.6 is 0 Å². The van der Waals surface area contributed by atoms with Gasteiger partial charge in [-0.25, -0.2) is 9.97 Å². The summed E-state index contributed by atoms with van der Waals surface area (Å²) in [5.74, 6) is 7.69. The van der Waals surface area contributed by atoms with E-state index in [2.05, 4.69) is 37.6 Å². The lowest BCUT2D eigenvalue weighted by Gasteiger charge is -2.12. The van der Waals surface area contributed by atoms with Gasteiger partial charge in [0, 0.05) is 22.9 Å². The van der Waals surface area contributed by atoms with E-state index in [9.17, 15) is 4.79 Å². The molecule has 9 heteroatoms. The maximum atomic E-state index is 12.4. The lowest BCUT2D eigenvalue weighted by Crippen LogP contribution is -2.35. The minimum atomic E-state index is -0.363. The Balaban J connectivity index is 1.55. The Morgan fingerprint density at radius 3 is 2.54 bits per heavy atom. The van der Waals surface area contributed by atoms with Gasteiger partial charge in [0.15, 0.2) is 5.82 Å². The molecule has 4 aromatic heterocycles. The van der Waals surface area contributed by atoms with Crippen LogP contribution < -0.4 is 10.6 Å². The zero-order valence-corrected chi connectivity index (χ0v) is 20.9. The molecule has 1 aromatic carbocycles. The molecule has 0 saturated heterocycles. The molecule has 0 aliphatic carbocycles. The molecule has 5 rings (SSSR count). The molecule has 9 nitrogen and oxygen atoms in total. The Bertz CT molecular complexity index is 1660. The van der Waals surface area contributed by atoms with E-state index in [-0.39, 0.29) is 11.9 Å². The quantitative estimate of drug-likeness (QED) is 0.358. The summed E-state index contributed by atoms with van der Waals surface area (Å²) in [6.45, 7) is 5.52. The number of imidazole rings is 1. The molecular formula is C28H25N7O2. The average Bonchev–Trinajstić information content (AvgIpc) is 3.49. The number of aryl methyl sites for hydroxylation is 2. The molecule has 0 aliphatic heterocycles. The molecule has 1 amide bonds. The highest BCUT2D eigenvalue weighted by molar-refractivity contribution is 5.94. The van der Waals surface area contributed by atoms with Gasteiger partial charge >= 0.3 is 0 Å². The number of pyridine rings is 2. The highest BCUT2D eigenvalue weighted by atomic mass is 16.5. The number of carbonyl (C=O) groups is 1. The second-order valence-electron chi connectivity index (χ2n) is 8.54. The first-order valence-corrected chi connectivity index (χ1v) is 11.8. The highest BCUT2D eigenvalue weighted by Gasteiger charge is 2.17. The normalized spacial score (nSPS) is 11.7. The number of hydrogen-bond acceptors (Lipinski definition) is 7. The Kier molecular flexibility index (Phi) is 6.49. The third-order valence-electron chi connectivity index (χ3n) is 5.92. The number of nitrogens with one attached hydrogen (secondary N) is 2. The van der Waals surface area contributed by atoms with Gasteiger partial charge in [-0.1, -0.05) is 17.1 Å². The van der Waals surface area contributed by atoms with Crippen LogP contribution in [0.25, 0.3) is 28.4 Å². The summed E-state index contributed by atoms with van der Waals surface area (Å²) < 4.78 is 7.25. The molecule has 0 saturated carbocycles. The van der Waals surface area contributed by atoms with Crippen LogP contribution in [0.5, 0.6) is 0 Å². The SMILES string of the molecule is CNC(C)C(=O)Nc1ccc(-c2c(C)nc3ccccn23)c(C#Cc2ccc(-c3nc(C)no3)cc2)n1. The van der Waals surface area contributed by atoms with Crippen LogP contribution in [0, 0.1) is 25.7 Å². The van der Waals surface area contributed by atoms with Crippen molar-refractivity contribution in [2.75, 3.05) is 12.4 Å². The summed E-state index contributed by atoms with van der Waals surface area (Å²) >= 11 is 0. The molecular weight excluding hydrogens is 466 g/mol. The van der Waals surface area contributed by atoms with Gasteiger partial charge in [-0.3, -0.25) is 9.20 Å². The number of hydrogen-bond donors (Lipinski definition) is 2. The first kappa shape index (κ1) is 23.9. The molecule has 4 heterocycles. The van der Waals surface area contributed by atoms with Gasteiger partial charge in [0.1, 0.15) is 17.2 Å². The van der Waals surface area contributed by atoms with E-state index in [0.29, 0.717) is 23.2 Å². The minimum Gasteiger partial charge on any atom is -0.334 e. The van der Waals surface area contributed by atoms with E-state index >= 15 is 0 Å². The molecule has 1 unspecified atom stereocenters. The standard InChI is InChI=1S/C28H25N7O2/c1-17-26(35-16-6-5-7-25(35)30-17)22-13-15-24(33-27(36)18(2)29-4)32-23(22)14-10-20-8-11-21(12-9-20)28-31-19(3)34-37-28/h5-9,11-13,15-16,18,29H,1-4H3,(H,32,33,36). The van der Waals surface area contributed by atoms with Crippen molar-refractivity contribution in [3.63, 3.8) is 0 Å². The number of nitrogens with zero attached hydrogens (tertiary/aromatic N) is 5. The fourth-order valence-electron chi connectivity index (χ4n) is 3.86. The van der Waals surface area contributed by atoms with Crippen molar-refractivity contribution in [3.05, 3.63) is 83.6 Å². The Labute approximate surface area is 214 Å². The third-order valence-corrected chi connectivity index (χ3v) is 5.92. The monoisotopic (exact) mass is 491 g/mol. The molecule has 0 fully saturated rings. The van der Waals surface area contributed by atoms with Gasteiger partial charge in [-0.2, -0.15) is 4.98 Å². The van der Waals surface area contributed by atoms with E-state index in [1.807, 2.05) is 66.1 Å². The van der Waals surface area contributed by atoms with Crippen molar-refractivity contribution >= 4 is 17.4 Å². The number of anilines is 1. The van der Waals surface area contributed by atoms with Crippen LogP contribution in [0.3, 0.4) is 0 Å². The molecule has 1 atom stereocenters. The number of likely N-dealkylation sites (N-methyl/N-ethyl adjacent to an activating group) is 1. The average molecular weight is 492 g/mol. The Morgan fingerprint density at radius 1 is 1.00 bits per heavy atom. The topological polar surface area (TPSA) is 110 Å². The lowest BCUT2D eigenvalue weighted by atomic mass is 10.1. The molecule has 37 heavy (non-hydrogen) atoms. The van der Waals surface area contributed by atoms with Crippen LogP contribution in [0.15, 0.2) is 65.3 Å². The van der Waals surface area contributed by atoms with Crippen molar-refractivity contribution in [3.8, 4) is 34.6 Å². The number of fused-ring (bicyclic) bond motifs is 1. The van der Waals surface area contributed by atoms with Gasteiger partial charge in [0.05, 0.1) is 17.4 Å². The van der Waals surface area contributed by atoms with Crippen LogP contribution in [0.2, 0.25) is 0 Å². The van der Waals surface area contributed by atoms with E-state index < -0.39 is 0 Å². The molecule has 2 N–H and O–H groups in total. The maximum Gasteiger partial charge on any atom is 0.257 e. The second kappa shape index (κ2) is 10.0. The van der Waals surface area contributed by atoms with Gasteiger partial charge in [-0.15, -0.1) is 0 Å². The van der Waals surface area contributed by atoms with Crippen molar-refractivity contribution < 1.29 is 9.32 Å². The number of aromatic nitrogens is 5. The van der Waals surface area contributed by atoms with Crippen molar-refractivity contribution in [2.45, 2.75) is 26.8 Å². The minimum absolute atomic E-state index is 0.181. The Hall–Kier alpha value is -4.81. The largest absolute Gasteiger partial charge is 0.334 e. The molecule has 184 valence electrons. The van der Waals surface area contributed by atoms with E-state index in [4.69, 9.17) is 9.51 Å². The van der Waals surface area contributed by atoms with Crippen molar-refractivity contribution in [1.29, 1.82) is 0 Å². The zero-order valence-electron chi connectivity index (χ0n) is 20.9. The number of amides is 1. The fourth-order valence-corrected chi connectivity index (χ4v) is 3.86. The predicted molar refractivity (Wildman–Crippen MR) is 141 cm³/mol. The summed E-state index contributed by atoms with van der Waals surface area (Å²) in [6.07, 6.45) is 1.96. The first-order valence-electron chi connectivity index (χ1n) is 11.8. The van der Waals surface area contributed by atoms with E-state index in [1.54, 1.807) is 27.0 Å². The third kappa shape index (κ3) is 4.96. The van der Waals surface area contributed by atoms with Crippen molar-refractivity contribution in [1.82, 2.24) is 29.8 Å². The number of carbonyl (C=O) groups excluding carboxylic acids is 1. The van der Waals surface area contributed by atoms with Gasteiger partial charge < -0.3 is 15.2 Å². The maximum absolute atomic E-state index is 12.4. The van der Waals surface area contributed by atoms with Gasteiger partial charge in [0.2, 0.25) is 5.91 Å². The fraction of sp³-hybridized carbons (Fsp3) is 0.179. The van der Waals surface area contributed by atoms with Gasteiger partial charge in [-0.05, 0) is 82.3 Å². The van der Waals surface area contributed by atoms with Crippen LogP contribution in [-0.4, -0.2) is 43.5 Å². The number of rotatable bonds is 5. The molecule has 0 bridgehead atoms. The van der Waals surface area contributed by atoms with Gasteiger partial charge in [0.25, 0.3) is 5.89 Å². The first-order chi connectivity index (χ1) is 17.9. The van der Waals surface area contributed by atoms with Crippen LogP contribution in [-0.2, 0) is 4.79 Å². The molecule has 0 radical (unpaired) electrons. The summed E-state index contributed by atoms with van der Waals surface area (Å²) in [7, 11) is 1.73. The zero-order chi connectivity index (χ0) is 25.9. The summed E-state index contributed by atoms with van der Waals surface area (Å²) in [5, 5.41) is 9.62. The molecule has 0 spiro atoms. The predicted octanol–water partition coefficient (Wildman–Crippen LogP) is 4.01. The lowest BCUT2D eigenvalue weighted by molar-refractivity contribution is -0.117. The van der Waals surface area contributed by atoms with Crippen LogP contribution in [0.1, 0.15) is 29.7 Å². The summed E-state index contributed by atoms with van der Waals surface area (Å²) in [6, 6.07) is 16.7. The number of benzene rings is 1. The molecule has 0 aliphatic rings. The van der Waals surface area contributed by atoms with Crippen LogP contribution in [0.4, 0.5) is 5.82 Å². The highest BCUT2D eigenvalue weighted by Crippen LogP contribution is 2.28. The van der Waals surface area contributed by atoms with Crippen molar-refractivity contribution in [2.24, 2.45) is 0 Å². The van der Waals surface area contributed by atoms with E-state index in [0.717, 1.165) is 33.7 Å². The second-order valence-corrected chi connectivity index (χ2v) is 8.54. The van der Waals surface area contributed by atoms with E-state index in [1.165, 1.54) is 0 Å². The Morgan fingerprint density at radius 2 is 1.81 bits per heavy atom. The summed E-state index contributed by atoms with van der Waals surface area (Å²) in [4.78, 5) is 26.1. The summed E-state index contributed by atoms with van der Waals surface area (Å²) in [5.41, 5.74) is 5.55. The molecule has 5 aromatic rings. The smallest absolute Gasteiger partial charge is 0.257 e.